The molecule has 1 N–H and O–H groups in total. The van der Waals surface area contributed by atoms with E-state index in [2.05, 4.69) is 29.3 Å². The lowest BCUT2D eigenvalue weighted by molar-refractivity contribution is 0.0942. The Morgan fingerprint density at radius 2 is 2.20 bits per heavy atom. The normalized spacial score (nSPS) is 15.2. The Bertz CT molecular complexity index is 735. The Morgan fingerprint density at radius 1 is 1.40 bits per heavy atom. The predicted molar refractivity (Wildman–Crippen MR) is 93.3 cm³/mol. The Morgan fingerprint density at radius 3 is 2.84 bits per heavy atom. The van der Waals surface area contributed by atoms with Gasteiger partial charge in [-0.3, -0.25) is 4.79 Å². The number of nitrogens with one attached hydrogen (secondary N) is 1. The number of hydrogen-bond acceptors (Lipinski definition) is 5. The van der Waals surface area contributed by atoms with Gasteiger partial charge in [0.05, 0.1) is 0 Å². The van der Waals surface area contributed by atoms with Crippen LogP contribution in [0.3, 0.4) is 0 Å². The number of ether oxygens (including phenoxy) is 1. The molecule has 134 valence electrons. The van der Waals surface area contributed by atoms with Crippen molar-refractivity contribution in [3.63, 3.8) is 0 Å². The fraction of sp³-hybridized carbons (Fsp3) is 0.526. The second-order valence-corrected chi connectivity index (χ2v) is 7.33. The van der Waals surface area contributed by atoms with Crippen molar-refractivity contribution in [3.05, 3.63) is 41.5 Å². The summed E-state index contributed by atoms with van der Waals surface area (Å²) in [5, 5.41) is 6.86. The molecule has 1 aliphatic rings. The molecule has 0 bridgehead atoms. The molecule has 0 spiro atoms. The number of aromatic nitrogens is 2. The first-order valence-corrected chi connectivity index (χ1v) is 8.76. The third-order valence-corrected chi connectivity index (χ3v) is 4.46. The van der Waals surface area contributed by atoms with Crippen LogP contribution in [0.5, 0.6) is 5.75 Å². The van der Waals surface area contributed by atoms with Gasteiger partial charge in [0.25, 0.3) is 5.91 Å². The Balaban J connectivity index is 1.54. The lowest BCUT2D eigenvalue weighted by atomic mass is 9.94. The van der Waals surface area contributed by atoms with Crippen molar-refractivity contribution >= 4 is 5.91 Å². The zero-order valence-electron chi connectivity index (χ0n) is 15.0. The molecule has 2 aromatic rings. The summed E-state index contributed by atoms with van der Waals surface area (Å²) in [5.74, 6) is 2.19. The van der Waals surface area contributed by atoms with Crippen LogP contribution in [0, 0.1) is 18.3 Å². The molecule has 0 saturated heterocycles. The molecule has 1 fully saturated rings. The molecule has 1 aliphatic carbocycles. The van der Waals surface area contributed by atoms with Crippen LogP contribution in [0.25, 0.3) is 0 Å². The predicted octanol–water partition coefficient (Wildman–Crippen LogP) is 3.51. The fourth-order valence-electron chi connectivity index (χ4n) is 3.14. The maximum Gasteiger partial charge on any atom is 0.251 e. The van der Waals surface area contributed by atoms with E-state index >= 15 is 0 Å². The average Bonchev–Trinajstić information content (AvgIpc) is 3.21. The van der Waals surface area contributed by atoms with Gasteiger partial charge in [0, 0.05) is 19.0 Å². The van der Waals surface area contributed by atoms with Crippen molar-refractivity contribution in [3.8, 4) is 5.75 Å². The molecule has 0 atom stereocenters. The van der Waals surface area contributed by atoms with E-state index in [9.17, 15) is 4.79 Å². The van der Waals surface area contributed by atoms with Gasteiger partial charge in [-0.15, -0.1) is 0 Å². The maximum atomic E-state index is 12.4. The van der Waals surface area contributed by atoms with Gasteiger partial charge in [-0.2, -0.15) is 4.98 Å². The van der Waals surface area contributed by atoms with Crippen LogP contribution in [0.4, 0.5) is 0 Å². The molecule has 6 nitrogen and oxygen atoms in total. The van der Waals surface area contributed by atoms with Crippen molar-refractivity contribution in [2.75, 3.05) is 6.54 Å². The maximum absolute atomic E-state index is 12.4. The summed E-state index contributed by atoms with van der Waals surface area (Å²) in [7, 11) is 0. The molecule has 1 saturated carbocycles. The molecular weight excluding hydrogens is 318 g/mol. The average molecular weight is 343 g/mol. The summed E-state index contributed by atoms with van der Waals surface area (Å²) in [4.78, 5) is 16.5. The van der Waals surface area contributed by atoms with Gasteiger partial charge in [0.15, 0.2) is 6.61 Å². The molecule has 1 heterocycles. The van der Waals surface area contributed by atoms with Crippen LogP contribution < -0.4 is 10.1 Å². The highest BCUT2D eigenvalue weighted by Gasteiger charge is 2.42. The van der Waals surface area contributed by atoms with Crippen molar-refractivity contribution in [1.82, 2.24) is 15.5 Å². The van der Waals surface area contributed by atoms with Gasteiger partial charge in [0.2, 0.25) is 11.7 Å². The molecule has 3 rings (SSSR count). The summed E-state index contributed by atoms with van der Waals surface area (Å²) < 4.78 is 10.5. The Kier molecular flexibility index (Phi) is 5.06. The monoisotopic (exact) mass is 343 g/mol. The fourth-order valence-corrected chi connectivity index (χ4v) is 3.14. The van der Waals surface area contributed by atoms with E-state index in [1.54, 1.807) is 19.1 Å². The van der Waals surface area contributed by atoms with Gasteiger partial charge in [-0.1, -0.05) is 25.1 Å². The van der Waals surface area contributed by atoms with Crippen molar-refractivity contribution < 1.29 is 14.1 Å². The lowest BCUT2D eigenvalue weighted by Gasteiger charge is -2.18. The van der Waals surface area contributed by atoms with E-state index in [1.165, 1.54) is 19.3 Å². The molecule has 0 unspecified atom stereocenters. The van der Waals surface area contributed by atoms with Crippen molar-refractivity contribution in [1.29, 1.82) is 0 Å². The van der Waals surface area contributed by atoms with Crippen LogP contribution in [0.15, 0.2) is 28.8 Å². The molecule has 1 aromatic heterocycles. The first-order valence-electron chi connectivity index (χ1n) is 8.76. The van der Waals surface area contributed by atoms with E-state index in [0.29, 0.717) is 34.4 Å². The first kappa shape index (κ1) is 17.5. The van der Waals surface area contributed by atoms with Crippen molar-refractivity contribution in [2.45, 2.75) is 46.6 Å². The highest BCUT2D eigenvalue weighted by molar-refractivity contribution is 5.94. The summed E-state index contributed by atoms with van der Waals surface area (Å²) >= 11 is 0. The number of amides is 1. The smallest absolute Gasteiger partial charge is 0.251 e. The number of rotatable bonds is 8. The van der Waals surface area contributed by atoms with Crippen LogP contribution in [-0.4, -0.2) is 22.6 Å². The first-order chi connectivity index (χ1) is 12.0. The van der Waals surface area contributed by atoms with Gasteiger partial charge in [-0.25, -0.2) is 0 Å². The van der Waals surface area contributed by atoms with Crippen LogP contribution in [0.1, 0.15) is 55.2 Å². The number of hydrogen-bond donors (Lipinski definition) is 1. The van der Waals surface area contributed by atoms with Crippen LogP contribution >= 0.6 is 0 Å². The number of carbonyl (C=O) groups excluding carboxylic acids is 1. The second kappa shape index (κ2) is 7.25. The van der Waals surface area contributed by atoms with E-state index in [-0.39, 0.29) is 12.5 Å². The molecular formula is C19H25N3O3. The van der Waals surface area contributed by atoms with E-state index < -0.39 is 0 Å². The topological polar surface area (TPSA) is 77.2 Å². The molecule has 0 radical (unpaired) electrons. The standard InChI is InChI=1S/C19H25N3O3/c1-13(2)10-19(7-8-19)12-20-18(23)15-5-4-6-16(9-15)24-11-17-21-14(3)25-22-17/h4-6,9,13H,7-8,10-12H2,1-3H3,(H,20,23). The zero-order chi connectivity index (χ0) is 17.9. The van der Waals surface area contributed by atoms with Gasteiger partial charge >= 0.3 is 0 Å². The minimum Gasteiger partial charge on any atom is -0.485 e. The number of carbonyl (C=O) groups is 1. The highest BCUT2D eigenvalue weighted by atomic mass is 16.5. The summed E-state index contributed by atoms with van der Waals surface area (Å²) in [6.45, 7) is 7.15. The molecule has 1 aromatic carbocycles. The zero-order valence-corrected chi connectivity index (χ0v) is 15.0. The van der Waals surface area contributed by atoms with E-state index in [1.807, 2.05) is 12.1 Å². The number of benzene rings is 1. The molecule has 0 aliphatic heterocycles. The second-order valence-electron chi connectivity index (χ2n) is 7.33. The Hall–Kier alpha value is -2.37. The highest BCUT2D eigenvalue weighted by Crippen LogP contribution is 2.50. The van der Waals surface area contributed by atoms with Crippen LogP contribution in [0.2, 0.25) is 0 Å². The molecule has 6 heteroatoms. The third kappa shape index (κ3) is 4.81. The lowest BCUT2D eigenvalue weighted by Crippen LogP contribution is -2.30. The summed E-state index contributed by atoms with van der Waals surface area (Å²) in [5.41, 5.74) is 0.913. The minimum absolute atomic E-state index is 0.0594. The molecule has 1 amide bonds. The van der Waals surface area contributed by atoms with Gasteiger partial charge in [-0.05, 0) is 48.8 Å². The quantitative estimate of drug-likeness (QED) is 0.793. The van der Waals surface area contributed by atoms with Crippen molar-refractivity contribution in [2.24, 2.45) is 11.3 Å². The number of aryl methyl sites for hydroxylation is 1. The largest absolute Gasteiger partial charge is 0.485 e. The van der Waals surface area contributed by atoms with E-state index in [4.69, 9.17) is 9.26 Å². The van der Waals surface area contributed by atoms with Gasteiger partial charge in [0.1, 0.15) is 5.75 Å². The minimum atomic E-state index is -0.0594. The van der Waals surface area contributed by atoms with E-state index in [0.717, 1.165) is 6.54 Å². The SMILES string of the molecule is Cc1nc(COc2cccc(C(=O)NCC3(CC(C)C)CC3)c2)no1. The van der Waals surface area contributed by atoms with Gasteiger partial charge < -0.3 is 14.6 Å². The summed E-state index contributed by atoms with van der Waals surface area (Å²) in [6, 6.07) is 7.16. The third-order valence-electron chi connectivity index (χ3n) is 4.46. The number of nitrogens with zero attached hydrogens (tertiary/aromatic N) is 2. The summed E-state index contributed by atoms with van der Waals surface area (Å²) in [6.07, 6.45) is 3.58. The Labute approximate surface area is 148 Å². The van der Waals surface area contributed by atoms with Crippen LogP contribution in [-0.2, 0) is 6.61 Å². The molecule has 25 heavy (non-hydrogen) atoms.